The van der Waals surface area contributed by atoms with E-state index in [1.807, 2.05) is 6.92 Å². The van der Waals surface area contributed by atoms with E-state index in [0.29, 0.717) is 27.9 Å². The predicted octanol–water partition coefficient (Wildman–Crippen LogP) is 1.98. The van der Waals surface area contributed by atoms with Gasteiger partial charge in [-0.25, -0.2) is 15.0 Å². The van der Waals surface area contributed by atoms with Crippen molar-refractivity contribution in [3.63, 3.8) is 0 Å². The molecule has 1 aliphatic rings. The predicted molar refractivity (Wildman–Crippen MR) is 93.0 cm³/mol. The molecule has 0 spiro atoms. The lowest BCUT2D eigenvalue weighted by Gasteiger charge is -2.14. The molecule has 23 heavy (non-hydrogen) atoms. The fourth-order valence-electron chi connectivity index (χ4n) is 2.22. The zero-order chi connectivity index (χ0) is 15.4. The van der Waals surface area contributed by atoms with Gasteiger partial charge in [-0.15, -0.1) is 23.7 Å². The summed E-state index contributed by atoms with van der Waals surface area (Å²) in [6.45, 7) is 4.27. The smallest absolute Gasteiger partial charge is 0.263 e. The minimum Gasteiger partial charge on any atom is -0.348 e. The van der Waals surface area contributed by atoms with Crippen LogP contribution < -0.4 is 10.6 Å². The Labute approximate surface area is 144 Å². The summed E-state index contributed by atoms with van der Waals surface area (Å²) in [5.74, 6) is 0.465. The Bertz CT molecular complexity index is 701. The molecule has 3 heterocycles. The molecule has 1 amide bonds. The van der Waals surface area contributed by atoms with Gasteiger partial charge in [0.25, 0.3) is 5.91 Å². The number of carbonyl (C=O) groups is 1. The maximum Gasteiger partial charge on any atom is 0.263 e. The van der Waals surface area contributed by atoms with Crippen molar-refractivity contribution < 1.29 is 4.79 Å². The van der Waals surface area contributed by atoms with E-state index in [-0.39, 0.29) is 18.3 Å². The minimum atomic E-state index is -0.0865. The first-order valence-electron chi connectivity index (χ1n) is 7.15. The van der Waals surface area contributed by atoms with Crippen molar-refractivity contribution in [2.24, 2.45) is 0 Å². The van der Waals surface area contributed by atoms with Crippen LogP contribution in [0, 0.1) is 6.92 Å². The lowest BCUT2D eigenvalue weighted by atomic mass is 10.1. The number of carbonyl (C=O) groups excluding carboxylic acids is 1. The van der Waals surface area contributed by atoms with E-state index in [1.165, 1.54) is 16.9 Å². The summed E-state index contributed by atoms with van der Waals surface area (Å²) >= 11 is 1.33. The largest absolute Gasteiger partial charge is 0.348 e. The second-order valence-electron chi connectivity index (χ2n) is 5.01. The van der Waals surface area contributed by atoms with E-state index in [2.05, 4.69) is 31.7 Å². The van der Waals surface area contributed by atoms with Gasteiger partial charge in [0.05, 0.1) is 5.69 Å². The van der Waals surface area contributed by atoms with Gasteiger partial charge in [-0.1, -0.05) is 11.6 Å². The van der Waals surface area contributed by atoms with Crippen LogP contribution in [0.2, 0.25) is 0 Å². The van der Waals surface area contributed by atoms with Crippen molar-refractivity contribution in [2.45, 2.75) is 13.3 Å². The summed E-state index contributed by atoms with van der Waals surface area (Å²) in [7, 11) is 0. The van der Waals surface area contributed by atoms with E-state index in [1.54, 1.807) is 18.5 Å². The maximum atomic E-state index is 12.3. The lowest BCUT2D eigenvalue weighted by molar-refractivity contribution is 0.0960. The zero-order valence-electron chi connectivity index (χ0n) is 12.7. The first-order valence-corrected chi connectivity index (χ1v) is 7.97. The Morgan fingerprint density at radius 3 is 2.87 bits per heavy atom. The van der Waals surface area contributed by atoms with E-state index in [9.17, 15) is 4.79 Å². The monoisotopic (exact) mass is 351 g/mol. The number of nitrogens with one attached hydrogen (secondary N) is 2. The summed E-state index contributed by atoms with van der Waals surface area (Å²) in [6, 6.07) is 1.75. The fraction of sp³-hybridized carbons (Fsp3) is 0.333. The Hall–Kier alpha value is -1.83. The molecule has 3 rings (SSSR count). The standard InChI is InChI=1S/C15H17N5OS.ClH/c1-10-12(14(21)19-9-11-3-7-16-8-4-11)22-15(20-10)13-17-5-2-6-18-13;/h2-3,5-6,16H,4,7-9H2,1H3,(H,19,21);1H. The van der Waals surface area contributed by atoms with Gasteiger partial charge in [0.15, 0.2) is 10.8 Å². The van der Waals surface area contributed by atoms with Gasteiger partial charge >= 0.3 is 0 Å². The first-order chi connectivity index (χ1) is 10.7. The maximum absolute atomic E-state index is 12.3. The van der Waals surface area contributed by atoms with Crippen LogP contribution in [0.5, 0.6) is 0 Å². The van der Waals surface area contributed by atoms with E-state index >= 15 is 0 Å². The number of rotatable bonds is 4. The molecule has 1 aliphatic heterocycles. The highest BCUT2D eigenvalue weighted by Crippen LogP contribution is 2.25. The Morgan fingerprint density at radius 2 is 2.17 bits per heavy atom. The highest BCUT2D eigenvalue weighted by atomic mass is 35.5. The molecular formula is C15H18ClN5OS. The summed E-state index contributed by atoms with van der Waals surface area (Å²) in [5, 5.41) is 6.89. The van der Waals surface area contributed by atoms with Gasteiger partial charge in [-0.05, 0) is 26.0 Å². The Balaban J connectivity index is 0.00000192. The summed E-state index contributed by atoms with van der Waals surface area (Å²) in [4.78, 5) is 25.7. The van der Waals surface area contributed by atoms with Gasteiger partial charge in [-0.2, -0.15) is 0 Å². The molecule has 0 fully saturated rings. The lowest BCUT2D eigenvalue weighted by Crippen LogP contribution is -2.29. The third kappa shape index (κ3) is 4.34. The summed E-state index contributed by atoms with van der Waals surface area (Å²) < 4.78 is 0. The molecule has 0 saturated heterocycles. The van der Waals surface area contributed by atoms with Crippen LogP contribution in [0.25, 0.3) is 10.8 Å². The fourth-order valence-corrected chi connectivity index (χ4v) is 3.15. The summed E-state index contributed by atoms with van der Waals surface area (Å²) in [6.07, 6.45) is 6.45. The van der Waals surface area contributed by atoms with Crippen molar-refractivity contribution in [3.8, 4) is 10.8 Å². The van der Waals surface area contributed by atoms with Gasteiger partial charge in [0.2, 0.25) is 0 Å². The minimum absolute atomic E-state index is 0. The molecule has 0 aliphatic carbocycles. The molecule has 0 atom stereocenters. The molecule has 0 unspecified atom stereocenters. The second kappa shape index (κ2) is 8.14. The van der Waals surface area contributed by atoms with Crippen LogP contribution in [0.1, 0.15) is 21.8 Å². The molecule has 2 aromatic heterocycles. The number of nitrogens with zero attached hydrogens (tertiary/aromatic N) is 3. The summed E-state index contributed by atoms with van der Waals surface area (Å²) in [5.41, 5.74) is 1.98. The van der Waals surface area contributed by atoms with Crippen molar-refractivity contribution in [1.29, 1.82) is 0 Å². The van der Waals surface area contributed by atoms with Crippen molar-refractivity contribution in [3.05, 3.63) is 40.7 Å². The van der Waals surface area contributed by atoms with Crippen LogP contribution in [0.3, 0.4) is 0 Å². The molecule has 0 radical (unpaired) electrons. The van der Waals surface area contributed by atoms with Gasteiger partial charge < -0.3 is 10.6 Å². The van der Waals surface area contributed by atoms with Crippen LogP contribution >= 0.6 is 23.7 Å². The van der Waals surface area contributed by atoms with Crippen LogP contribution in [-0.2, 0) is 0 Å². The highest BCUT2D eigenvalue weighted by molar-refractivity contribution is 7.17. The number of amides is 1. The molecule has 2 N–H and O–H groups in total. The quantitative estimate of drug-likeness (QED) is 0.823. The Morgan fingerprint density at radius 1 is 1.39 bits per heavy atom. The van der Waals surface area contributed by atoms with Crippen molar-refractivity contribution in [2.75, 3.05) is 19.6 Å². The topological polar surface area (TPSA) is 79.8 Å². The van der Waals surface area contributed by atoms with Crippen molar-refractivity contribution >= 4 is 29.7 Å². The molecule has 2 aromatic rings. The molecule has 122 valence electrons. The number of hydrogen-bond donors (Lipinski definition) is 2. The third-order valence-corrected chi connectivity index (χ3v) is 4.55. The zero-order valence-corrected chi connectivity index (χ0v) is 14.3. The van der Waals surface area contributed by atoms with Gasteiger partial charge in [-0.3, -0.25) is 4.79 Å². The van der Waals surface area contributed by atoms with Crippen LogP contribution in [0.4, 0.5) is 0 Å². The van der Waals surface area contributed by atoms with Crippen LogP contribution in [0.15, 0.2) is 30.1 Å². The van der Waals surface area contributed by atoms with E-state index in [4.69, 9.17) is 0 Å². The van der Waals surface area contributed by atoms with E-state index < -0.39 is 0 Å². The number of thiazole rings is 1. The molecule has 0 bridgehead atoms. The van der Waals surface area contributed by atoms with Gasteiger partial charge in [0, 0.05) is 25.5 Å². The number of aryl methyl sites for hydroxylation is 1. The average Bonchev–Trinajstić information content (AvgIpc) is 2.96. The van der Waals surface area contributed by atoms with E-state index in [0.717, 1.165) is 19.5 Å². The number of halogens is 1. The Kier molecular flexibility index (Phi) is 6.20. The van der Waals surface area contributed by atoms with Crippen molar-refractivity contribution in [1.82, 2.24) is 25.6 Å². The second-order valence-corrected chi connectivity index (χ2v) is 6.00. The van der Waals surface area contributed by atoms with Crippen LogP contribution in [-0.4, -0.2) is 40.5 Å². The highest BCUT2D eigenvalue weighted by Gasteiger charge is 2.17. The molecule has 0 aromatic carbocycles. The molecular weight excluding hydrogens is 334 g/mol. The number of aromatic nitrogens is 3. The first kappa shape index (κ1) is 17.5. The number of hydrogen-bond acceptors (Lipinski definition) is 6. The molecule has 8 heteroatoms. The average molecular weight is 352 g/mol. The van der Waals surface area contributed by atoms with Gasteiger partial charge in [0.1, 0.15) is 4.88 Å². The molecule has 6 nitrogen and oxygen atoms in total. The normalized spacial score (nSPS) is 13.9. The SMILES string of the molecule is Cc1nc(-c2ncccn2)sc1C(=O)NCC1=CCNCC1.Cl. The third-order valence-electron chi connectivity index (χ3n) is 3.39. The molecule has 0 saturated carbocycles.